The monoisotopic (exact) mass is 314 g/mol. The minimum Gasteiger partial charge on any atom is -0.512 e. The van der Waals surface area contributed by atoms with Crippen LogP contribution in [0.3, 0.4) is 0 Å². The highest BCUT2D eigenvalue weighted by Gasteiger charge is 2.16. The zero-order chi connectivity index (χ0) is 16.7. The van der Waals surface area contributed by atoms with Crippen LogP contribution < -0.4 is 5.22 Å². The summed E-state index contributed by atoms with van der Waals surface area (Å²) in [5.41, 5.74) is 1.83. The van der Waals surface area contributed by atoms with E-state index < -0.39 is 0 Å². The Kier molecular flexibility index (Phi) is 3.24. The van der Waals surface area contributed by atoms with Crippen LogP contribution in [0.15, 0.2) is 60.7 Å². The highest BCUT2D eigenvalue weighted by molar-refractivity contribution is 6.12. The summed E-state index contributed by atoms with van der Waals surface area (Å²) in [6.45, 7) is 1.61. The molecular formula is C20H14N2O2. The van der Waals surface area contributed by atoms with Crippen molar-refractivity contribution in [3.05, 3.63) is 77.3 Å². The zero-order valence-electron chi connectivity index (χ0n) is 13.0. The number of nitrogens with zero attached hydrogens (tertiary/aromatic N) is 2. The van der Waals surface area contributed by atoms with Gasteiger partial charge in [0, 0.05) is 16.2 Å². The Balaban J connectivity index is 2.08. The Morgan fingerprint density at radius 1 is 0.917 bits per heavy atom. The van der Waals surface area contributed by atoms with Gasteiger partial charge in [0.2, 0.25) is 11.6 Å². The fourth-order valence-electron chi connectivity index (χ4n) is 2.91. The number of aliphatic hydroxyl groups is 1. The second-order valence-electron chi connectivity index (χ2n) is 5.66. The number of rotatable bonds is 2. The lowest BCUT2D eigenvalue weighted by atomic mass is 10.0. The summed E-state index contributed by atoms with van der Waals surface area (Å²) in [6.07, 6.45) is 0. The van der Waals surface area contributed by atoms with Crippen LogP contribution in [0, 0.1) is 0 Å². The third-order valence-electron chi connectivity index (χ3n) is 4.07. The number of carbonyl (C=O) groups excluding carboxylic acids is 1. The van der Waals surface area contributed by atoms with Crippen LogP contribution in [0.1, 0.15) is 23.1 Å². The van der Waals surface area contributed by atoms with Crippen molar-refractivity contribution < 1.29 is 9.90 Å². The standard InChI is InChI=1S/C20H14N2O2/c1-12(23)15-11-10-13-8-5-9-16-17(13)18(15)22-20(21-16)19(24)14-6-3-2-4-7-14/h2-11,23H,1H3/b15-12-. The van der Waals surface area contributed by atoms with Gasteiger partial charge in [-0.25, -0.2) is 9.97 Å². The lowest BCUT2D eigenvalue weighted by Gasteiger charge is -2.08. The van der Waals surface area contributed by atoms with Crippen LogP contribution in [-0.4, -0.2) is 20.9 Å². The molecule has 4 aromatic rings. The fraction of sp³-hybridized carbons (Fsp3) is 0.0500. The van der Waals surface area contributed by atoms with Crippen molar-refractivity contribution in [3.8, 4) is 0 Å². The van der Waals surface area contributed by atoms with Gasteiger partial charge in [-0.3, -0.25) is 4.79 Å². The van der Waals surface area contributed by atoms with Crippen molar-refractivity contribution in [3.63, 3.8) is 0 Å². The Morgan fingerprint density at radius 3 is 2.46 bits per heavy atom. The Labute approximate surface area is 138 Å². The van der Waals surface area contributed by atoms with Gasteiger partial charge in [-0.1, -0.05) is 48.5 Å². The van der Waals surface area contributed by atoms with E-state index in [4.69, 9.17) is 0 Å². The molecule has 0 radical (unpaired) electrons. The molecule has 0 aliphatic carbocycles. The zero-order valence-corrected chi connectivity index (χ0v) is 13.0. The maximum absolute atomic E-state index is 12.7. The molecule has 3 aromatic carbocycles. The molecule has 0 spiro atoms. The second-order valence-corrected chi connectivity index (χ2v) is 5.66. The molecule has 0 amide bonds. The van der Waals surface area contributed by atoms with Gasteiger partial charge in [-0.15, -0.1) is 0 Å². The molecule has 0 unspecified atom stereocenters. The average Bonchev–Trinajstić information content (AvgIpc) is 2.62. The lowest BCUT2D eigenvalue weighted by molar-refractivity contribution is 0.103. The largest absolute Gasteiger partial charge is 0.512 e. The van der Waals surface area contributed by atoms with Crippen LogP contribution in [0.5, 0.6) is 0 Å². The molecule has 0 atom stereocenters. The van der Waals surface area contributed by atoms with E-state index in [-0.39, 0.29) is 17.4 Å². The minimum absolute atomic E-state index is 0.134. The molecule has 0 aliphatic rings. The molecule has 0 saturated carbocycles. The Hall–Kier alpha value is -3.27. The van der Waals surface area contributed by atoms with Gasteiger partial charge in [-0.2, -0.15) is 0 Å². The van der Waals surface area contributed by atoms with Gasteiger partial charge < -0.3 is 5.11 Å². The number of aliphatic hydroxyl groups excluding tert-OH is 1. The van der Waals surface area contributed by atoms with Gasteiger partial charge in [-0.05, 0) is 24.4 Å². The first-order valence-electron chi connectivity index (χ1n) is 7.64. The van der Waals surface area contributed by atoms with Crippen LogP contribution in [-0.2, 0) is 0 Å². The first kappa shape index (κ1) is 14.3. The highest BCUT2D eigenvalue weighted by atomic mass is 16.3. The van der Waals surface area contributed by atoms with E-state index in [1.54, 1.807) is 19.1 Å². The number of ketones is 1. The predicted molar refractivity (Wildman–Crippen MR) is 93.8 cm³/mol. The first-order valence-corrected chi connectivity index (χ1v) is 7.64. The number of aromatic nitrogens is 2. The summed E-state index contributed by atoms with van der Waals surface area (Å²) in [5.74, 6) is 0.0670. The Bertz CT molecular complexity index is 1130. The van der Waals surface area contributed by atoms with E-state index in [0.717, 1.165) is 10.8 Å². The highest BCUT2D eigenvalue weighted by Crippen LogP contribution is 2.23. The van der Waals surface area contributed by atoms with Crippen molar-refractivity contribution >= 4 is 33.3 Å². The van der Waals surface area contributed by atoms with E-state index in [1.165, 1.54) is 0 Å². The molecule has 0 saturated heterocycles. The molecule has 24 heavy (non-hydrogen) atoms. The van der Waals surface area contributed by atoms with E-state index in [9.17, 15) is 9.90 Å². The molecule has 1 heterocycles. The molecule has 4 rings (SSSR count). The third kappa shape index (κ3) is 2.20. The maximum Gasteiger partial charge on any atom is 0.230 e. The van der Waals surface area contributed by atoms with Crippen molar-refractivity contribution in [1.82, 2.24) is 9.97 Å². The minimum atomic E-state index is -0.233. The van der Waals surface area contributed by atoms with Gasteiger partial charge in [0.1, 0.15) is 0 Å². The lowest BCUT2D eigenvalue weighted by Crippen LogP contribution is -2.13. The quantitative estimate of drug-likeness (QED) is 0.576. The second kappa shape index (κ2) is 5.42. The van der Waals surface area contributed by atoms with E-state index >= 15 is 0 Å². The van der Waals surface area contributed by atoms with Crippen molar-refractivity contribution in [1.29, 1.82) is 0 Å². The molecule has 1 N–H and O–H groups in total. The number of hydrogen-bond donors (Lipinski definition) is 1. The molecule has 0 fully saturated rings. The molecule has 4 heteroatoms. The SMILES string of the molecule is C/C(O)=c1\ccc2cccc3nc(C(=O)c4ccccc4)nc1c23. The summed E-state index contributed by atoms with van der Waals surface area (Å²) in [4.78, 5) is 21.6. The van der Waals surface area contributed by atoms with E-state index in [1.807, 2.05) is 48.5 Å². The number of benzene rings is 3. The number of carbonyl (C=O) groups is 1. The van der Waals surface area contributed by atoms with Crippen molar-refractivity contribution in [2.24, 2.45) is 0 Å². The van der Waals surface area contributed by atoms with E-state index in [2.05, 4.69) is 9.97 Å². The van der Waals surface area contributed by atoms with Crippen LogP contribution in [0.25, 0.3) is 27.6 Å². The molecule has 4 nitrogen and oxygen atoms in total. The average molecular weight is 314 g/mol. The maximum atomic E-state index is 12.7. The normalized spacial score (nSPS) is 12.5. The summed E-state index contributed by atoms with van der Waals surface area (Å²) in [7, 11) is 0. The van der Waals surface area contributed by atoms with Gasteiger partial charge in [0.05, 0.1) is 16.8 Å². The number of hydrogen-bond acceptors (Lipinski definition) is 4. The van der Waals surface area contributed by atoms with Crippen LogP contribution >= 0.6 is 0 Å². The van der Waals surface area contributed by atoms with Crippen LogP contribution in [0.2, 0.25) is 0 Å². The van der Waals surface area contributed by atoms with Crippen LogP contribution in [0.4, 0.5) is 0 Å². The molecule has 116 valence electrons. The molecular weight excluding hydrogens is 300 g/mol. The summed E-state index contributed by atoms with van der Waals surface area (Å²) in [6, 6.07) is 18.4. The topological polar surface area (TPSA) is 63.1 Å². The summed E-state index contributed by atoms with van der Waals surface area (Å²) >= 11 is 0. The Morgan fingerprint density at radius 2 is 1.71 bits per heavy atom. The van der Waals surface area contributed by atoms with Crippen molar-refractivity contribution in [2.75, 3.05) is 0 Å². The molecule has 0 aliphatic heterocycles. The van der Waals surface area contributed by atoms with Gasteiger partial charge >= 0.3 is 0 Å². The fourth-order valence-corrected chi connectivity index (χ4v) is 2.91. The summed E-state index contributed by atoms with van der Waals surface area (Å²) < 4.78 is 0. The smallest absolute Gasteiger partial charge is 0.230 e. The predicted octanol–water partition coefficient (Wildman–Crippen LogP) is 3.42. The first-order chi connectivity index (χ1) is 11.6. The van der Waals surface area contributed by atoms with Crippen molar-refractivity contribution in [2.45, 2.75) is 6.92 Å². The van der Waals surface area contributed by atoms with E-state index in [0.29, 0.717) is 21.8 Å². The molecule has 0 bridgehead atoms. The van der Waals surface area contributed by atoms with Gasteiger partial charge in [0.25, 0.3) is 0 Å². The van der Waals surface area contributed by atoms with Gasteiger partial charge in [0.15, 0.2) is 0 Å². The molecule has 1 aromatic heterocycles. The third-order valence-corrected chi connectivity index (χ3v) is 4.07. The summed E-state index contributed by atoms with van der Waals surface area (Å²) in [5, 5.41) is 12.4.